The summed E-state index contributed by atoms with van der Waals surface area (Å²) in [6.07, 6.45) is 4.42. The molecule has 0 radical (unpaired) electrons. The maximum absolute atomic E-state index is 12.9. The third-order valence-corrected chi connectivity index (χ3v) is 4.37. The highest BCUT2D eigenvalue weighted by Gasteiger charge is 2.39. The van der Waals surface area contributed by atoms with E-state index in [0.29, 0.717) is 30.5 Å². The zero-order valence-electron chi connectivity index (χ0n) is 13.9. The highest BCUT2D eigenvalue weighted by molar-refractivity contribution is 5.82. The van der Waals surface area contributed by atoms with Crippen molar-refractivity contribution in [2.24, 2.45) is 0 Å². The number of amides is 1. The first-order valence-corrected chi connectivity index (χ1v) is 8.34. The van der Waals surface area contributed by atoms with Crippen LogP contribution in [0, 0.1) is 0 Å². The molecular weight excluding hydrogens is 322 g/mol. The largest absolute Gasteiger partial charge is 0.482 e. The molecule has 130 valence electrons. The first-order valence-electron chi connectivity index (χ1n) is 8.34. The molecule has 7 heteroatoms. The van der Waals surface area contributed by atoms with Crippen molar-refractivity contribution in [3.8, 4) is 17.4 Å². The fraction of sp³-hybridized carbons (Fsp3) is 0.389. The van der Waals surface area contributed by atoms with E-state index in [-0.39, 0.29) is 18.1 Å². The van der Waals surface area contributed by atoms with Gasteiger partial charge < -0.3 is 19.1 Å². The molecule has 2 aliphatic heterocycles. The van der Waals surface area contributed by atoms with E-state index in [0.717, 1.165) is 6.42 Å². The smallest absolute Gasteiger partial charge is 0.267 e. The maximum Gasteiger partial charge on any atom is 0.267 e. The number of likely N-dealkylation sites (tertiary alicyclic amines) is 1. The molecule has 4 rings (SSSR count). The molecule has 3 heterocycles. The Morgan fingerprint density at radius 1 is 1.24 bits per heavy atom. The molecule has 7 nitrogen and oxygen atoms in total. The Bertz CT molecular complexity index is 755. The van der Waals surface area contributed by atoms with Crippen LogP contribution in [0.1, 0.15) is 13.3 Å². The van der Waals surface area contributed by atoms with Crippen LogP contribution in [0.15, 0.2) is 42.9 Å². The first-order chi connectivity index (χ1) is 12.2. The predicted octanol–water partition coefficient (Wildman–Crippen LogP) is 1.68. The third kappa shape index (κ3) is 3.22. The van der Waals surface area contributed by atoms with Gasteiger partial charge in [0.25, 0.3) is 5.91 Å². The van der Waals surface area contributed by atoms with E-state index in [4.69, 9.17) is 14.2 Å². The van der Waals surface area contributed by atoms with Gasteiger partial charge in [0, 0.05) is 25.4 Å². The van der Waals surface area contributed by atoms with E-state index in [1.807, 2.05) is 31.2 Å². The van der Waals surface area contributed by atoms with Crippen molar-refractivity contribution in [2.75, 3.05) is 13.1 Å². The van der Waals surface area contributed by atoms with Crippen LogP contribution >= 0.6 is 0 Å². The molecular formula is C18H19N3O4. The molecule has 0 aliphatic carbocycles. The molecule has 3 atom stereocenters. The number of carbonyl (C=O) groups is 1. The van der Waals surface area contributed by atoms with Gasteiger partial charge >= 0.3 is 0 Å². The molecule has 2 aromatic rings. The van der Waals surface area contributed by atoms with Crippen molar-refractivity contribution < 1.29 is 19.0 Å². The molecule has 0 saturated carbocycles. The van der Waals surface area contributed by atoms with Gasteiger partial charge in [-0.25, -0.2) is 4.98 Å². The minimum atomic E-state index is -0.648. The number of hydrogen-bond donors (Lipinski definition) is 0. The summed E-state index contributed by atoms with van der Waals surface area (Å²) in [6.45, 7) is 2.98. The zero-order chi connectivity index (χ0) is 17.2. The van der Waals surface area contributed by atoms with Gasteiger partial charge in [0.05, 0.1) is 12.7 Å². The summed E-state index contributed by atoms with van der Waals surface area (Å²) in [7, 11) is 0. The highest BCUT2D eigenvalue weighted by atomic mass is 16.6. The molecule has 0 unspecified atom stereocenters. The van der Waals surface area contributed by atoms with E-state index in [2.05, 4.69) is 9.97 Å². The topological polar surface area (TPSA) is 73.8 Å². The predicted molar refractivity (Wildman–Crippen MR) is 88.6 cm³/mol. The van der Waals surface area contributed by atoms with Crippen molar-refractivity contribution in [1.82, 2.24) is 14.9 Å². The summed E-state index contributed by atoms with van der Waals surface area (Å²) in [5, 5.41) is 0. The van der Waals surface area contributed by atoms with Gasteiger partial charge in [-0.15, -0.1) is 0 Å². The SMILES string of the molecule is C[C@@H]1Oc2ccccc2O[C@@H]1C(=O)N1CC[C@@H](Oc2cnccn2)C1. The monoisotopic (exact) mass is 341 g/mol. The number of rotatable bonds is 3. The van der Waals surface area contributed by atoms with Crippen LogP contribution in [0.3, 0.4) is 0 Å². The van der Waals surface area contributed by atoms with Crippen LogP contribution < -0.4 is 14.2 Å². The summed E-state index contributed by atoms with van der Waals surface area (Å²) in [4.78, 5) is 22.7. The average molecular weight is 341 g/mol. The lowest BCUT2D eigenvalue weighted by molar-refractivity contribution is -0.143. The number of nitrogens with zero attached hydrogens (tertiary/aromatic N) is 3. The fourth-order valence-electron chi connectivity index (χ4n) is 3.11. The Hall–Kier alpha value is -2.83. The summed E-state index contributed by atoms with van der Waals surface area (Å²) in [6, 6.07) is 7.39. The van der Waals surface area contributed by atoms with Gasteiger partial charge in [0.15, 0.2) is 11.5 Å². The van der Waals surface area contributed by atoms with Crippen LogP contribution in [0.5, 0.6) is 17.4 Å². The number of ether oxygens (including phenoxy) is 3. The van der Waals surface area contributed by atoms with E-state index < -0.39 is 6.10 Å². The van der Waals surface area contributed by atoms with E-state index in [9.17, 15) is 4.79 Å². The molecule has 0 spiro atoms. The Balaban J connectivity index is 1.40. The van der Waals surface area contributed by atoms with Crippen LogP contribution in [-0.4, -0.2) is 52.2 Å². The third-order valence-electron chi connectivity index (χ3n) is 4.37. The Morgan fingerprint density at radius 3 is 2.80 bits per heavy atom. The van der Waals surface area contributed by atoms with Crippen LogP contribution in [0.2, 0.25) is 0 Å². The summed E-state index contributed by atoms with van der Waals surface area (Å²) in [5.74, 6) is 1.67. The van der Waals surface area contributed by atoms with Gasteiger partial charge in [-0.2, -0.15) is 0 Å². The van der Waals surface area contributed by atoms with Crippen LogP contribution in [-0.2, 0) is 4.79 Å². The second kappa shape index (κ2) is 6.58. The van der Waals surface area contributed by atoms with Crippen molar-refractivity contribution >= 4 is 5.91 Å². The van der Waals surface area contributed by atoms with Crippen LogP contribution in [0.4, 0.5) is 0 Å². The molecule has 1 fully saturated rings. The lowest BCUT2D eigenvalue weighted by Gasteiger charge is -2.33. The van der Waals surface area contributed by atoms with Crippen molar-refractivity contribution in [1.29, 1.82) is 0 Å². The van der Waals surface area contributed by atoms with E-state index >= 15 is 0 Å². The number of hydrogen-bond acceptors (Lipinski definition) is 6. The molecule has 25 heavy (non-hydrogen) atoms. The second-order valence-electron chi connectivity index (χ2n) is 6.16. The standard InChI is InChI=1S/C18H19N3O4/c1-12-17(25-15-5-3-2-4-14(15)23-12)18(22)21-9-6-13(11-21)24-16-10-19-7-8-20-16/h2-5,7-8,10,12-13,17H,6,9,11H2,1H3/t12-,13+,17-/m0/s1. The Morgan fingerprint density at radius 2 is 2.04 bits per heavy atom. The van der Waals surface area contributed by atoms with Gasteiger partial charge in [0.2, 0.25) is 12.0 Å². The number of para-hydroxylation sites is 2. The number of aromatic nitrogens is 2. The highest BCUT2D eigenvalue weighted by Crippen LogP contribution is 2.34. The molecule has 0 N–H and O–H groups in total. The minimum Gasteiger partial charge on any atom is -0.482 e. The molecule has 0 bridgehead atoms. The Labute approximate surface area is 145 Å². The number of fused-ring (bicyclic) bond motifs is 1. The fourth-order valence-corrected chi connectivity index (χ4v) is 3.11. The normalized spacial score (nSPS) is 24.8. The van der Waals surface area contributed by atoms with Gasteiger partial charge in [-0.05, 0) is 19.1 Å². The van der Waals surface area contributed by atoms with Gasteiger partial charge in [-0.3, -0.25) is 9.78 Å². The average Bonchev–Trinajstić information content (AvgIpc) is 3.10. The van der Waals surface area contributed by atoms with Crippen LogP contribution in [0.25, 0.3) is 0 Å². The second-order valence-corrected chi connectivity index (χ2v) is 6.16. The molecule has 1 saturated heterocycles. The zero-order valence-corrected chi connectivity index (χ0v) is 13.9. The number of carbonyl (C=O) groups excluding carboxylic acids is 1. The molecule has 1 aromatic heterocycles. The van der Waals surface area contributed by atoms with E-state index in [1.54, 1.807) is 23.5 Å². The van der Waals surface area contributed by atoms with E-state index in [1.165, 1.54) is 0 Å². The van der Waals surface area contributed by atoms with Crippen molar-refractivity contribution in [3.63, 3.8) is 0 Å². The lowest BCUT2D eigenvalue weighted by Crippen LogP contribution is -2.50. The van der Waals surface area contributed by atoms with Crippen molar-refractivity contribution in [2.45, 2.75) is 31.7 Å². The molecule has 2 aliphatic rings. The lowest BCUT2D eigenvalue weighted by atomic mass is 10.1. The Kier molecular flexibility index (Phi) is 4.13. The molecule has 1 aromatic carbocycles. The summed E-state index contributed by atoms with van der Waals surface area (Å²) >= 11 is 0. The molecule has 1 amide bonds. The minimum absolute atomic E-state index is 0.0766. The maximum atomic E-state index is 12.9. The van der Waals surface area contributed by atoms with Gasteiger partial charge in [-0.1, -0.05) is 12.1 Å². The number of benzene rings is 1. The summed E-state index contributed by atoms with van der Waals surface area (Å²) in [5.41, 5.74) is 0. The quantitative estimate of drug-likeness (QED) is 0.846. The van der Waals surface area contributed by atoms with Crippen molar-refractivity contribution in [3.05, 3.63) is 42.9 Å². The summed E-state index contributed by atoms with van der Waals surface area (Å²) < 4.78 is 17.5. The van der Waals surface area contributed by atoms with Gasteiger partial charge in [0.1, 0.15) is 12.2 Å². The first kappa shape index (κ1) is 15.7.